The third-order valence-electron chi connectivity index (χ3n) is 5.96. The predicted octanol–water partition coefficient (Wildman–Crippen LogP) is 3.32. The Labute approximate surface area is 170 Å². The molecule has 4 rings (SSSR count). The number of benzene rings is 1. The van der Waals surface area contributed by atoms with Gasteiger partial charge in [0.1, 0.15) is 11.6 Å². The van der Waals surface area contributed by atoms with Crippen molar-refractivity contribution in [2.45, 2.75) is 51.0 Å². The number of anilines is 2. The van der Waals surface area contributed by atoms with Crippen LogP contribution in [0.4, 0.5) is 11.5 Å². The predicted molar refractivity (Wildman–Crippen MR) is 115 cm³/mol. The number of H-pyrrole nitrogens is 1. The number of aromatic amines is 1. The van der Waals surface area contributed by atoms with Gasteiger partial charge in [0, 0.05) is 36.6 Å². The maximum absolute atomic E-state index is 12.5. The standard InChI is InChI=1S/C22H27N5O2/c1-14(28)17-9-5-6-10-19(17)27-12-15(13-27)20-25-21(18(11-23)22(29)26-20)24-16-7-3-2-4-8-16/h5-6,9-11,15-16,23H,2-4,7-8,12-13H2,1H3,(H2,24,25,26,29). The van der Waals surface area contributed by atoms with E-state index < -0.39 is 0 Å². The molecule has 1 aliphatic carbocycles. The Hall–Kier alpha value is -2.96. The number of hydrogen-bond donors (Lipinski definition) is 3. The molecule has 1 saturated heterocycles. The van der Waals surface area contributed by atoms with Crippen molar-refractivity contribution in [3.63, 3.8) is 0 Å². The van der Waals surface area contributed by atoms with E-state index in [0.29, 0.717) is 36.3 Å². The molecular weight excluding hydrogens is 366 g/mol. The van der Waals surface area contributed by atoms with Gasteiger partial charge < -0.3 is 20.6 Å². The van der Waals surface area contributed by atoms with Crippen LogP contribution in [0.25, 0.3) is 0 Å². The first-order chi connectivity index (χ1) is 14.1. The highest BCUT2D eigenvalue weighted by Crippen LogP contribution is 2.32. The van der Waals surface area contributed by atoms with Crippen LogP contribution in [0.15, 0.2) is 29.1 Å². The summed E-state index contributed by atoms with van der Waals surface area (Å²) in [7, 11) is 0. The van der Waals surface area contributed by atoms with Gasteiger partial charge in [-0.2, -0.15) is 0 Å². The number of hydrogen-bond acceptors (Lipinski definition) is 6. The molecule has 1 aromatic heterocycles. The summed E-state index contributed by atoms with van der Waals surface area (Å²) in [4.78, 5) is 34.1. The second-order valence-corrected chi connectivity index (χ2v) is 8.01. The fraction of sp³-hybridized carbons (Fsp3) is 0.455. The summed E-state index contributed by atoms with van der Waals surface area (Å²) >= 11 is 0. The highest BCUT2D eigenvalue weighted by atomic mass is 16.1. The Kier molecular flexibility index (Phi) is 5.47. The molecule has 2 heterocycles. The van der Waals surface area contributed by atoms with Crippen molar-refractivity contribution in [3.05, 3.63) is 51.6 Å². The van der Waals surface area contributed by atoms with Crippen molar-refractivity contribution in [2.24, 2.45) is 0 Å². The molecule has 0 atom stereocenters. The monoisotopic (exact) mass is 393 g/mol. The van der Waals surface area contributed by atoms with Gasteiger partial charge in [0.2, 0.25) is 0 Å². The van der Waals surface area contributed by atoms with Crippen LogP contribution in [0.5, 0.6) is 0 Å². The summed E-state index contributed by atoms with van der Waals surface area (Å²) in [5, 5.41) is 11.0. The van der Waals surface area contributed by atoms with Crippen LogP contribution >= 0.6 is 0 Å². The lowest BCUT2D eigenvalue weighted by molar-refractivity contribution is 0.101. The van der Waals surface area contributed by atoms with E-state index in [1.165, 1.54) is 19.3 Å². The van der Waals surface area contributed by atoms with E-state index >= 15 is 0 Å². The molecule has 2 aromatic rings. The van der Waals surface area contributed by atoms with Crippen molar-refractivity contribution >= 4 is 23.5 Å². The van der Waals surface area contributed by atoms with Crippen molar-refractivity contribution in [1.82, 2.24) is 9.97 Å². The molecule has 7 heteroatoms. The summed E-state index contributed by atoms with van der Waals surface area (Å²) in [5.41, 5.74) is 1.66. The summed E-state index contributed by atoms with van der Waals surface area (Å²) < 4.78 is 0. The molecular formula is C22H27N5O2. The first kappa shape index (κ1) is 19.4. The second kappa shape index (κ2) is 8.19. The van der Waals surface area contributed by atoms with E-state index in [4.69, 9.17) is 10.4 Å². The highest BCUT2D eigenvalue weighted by Gasteiger charge is 2.32. The average molecular weight is 393 g/mol. The summed E-state index contributed by atoms with van der Waals surface area (Å²) in [6.45, 7) is 2.97. The van der Waals surface area contributed by atoms with Gasteiger partial charge in [-0.25, -0.2) is 4.98 Å². The largest absolute Gasteiger partial charge is 0.369 e. The quantitative estimate of drug-likeness (QED) is 0.516. The third-order valence-corrected chi connectivity index (χ3v) is 5.96. The minimum absolute atomic E-state index is 0.0462. The van der Waals surface area contributed by atoms with Crippen LogP contribution in [0, 0.1) is 5.41 Å². The molecule has 0 unspecified atom stereocenters. The first-order valence-electron chi connectivity index (χ1n) is 10.3. The van der Waals surface area contributed by atoms with Crippen LogP contribution < -0.4 is 15.8 Å². The Bertz CT molecular complexity index is 971. The second-order valence-electron chi connectivity index (χ2n) is 8.01. The number of ketones is 1. The SMILES string of the molecule is CC(=O)c1ccccc1N1CC(c2nc(NC3CCCCC3)c(C=N)c(=O)[nH]2)C1. The lowest BCUT2D eigenvalue weighted by atomic mass is 9.95. The molecule has 2 aliphatic rings. The van der Waals surface area contributed by atoms with Gasteiger partial charge in [-0.3, -0.25) is 9.59 Å². The van der Waals surface area contributed by atoms with Gasteiger partial charge >= 0.3 is 0 Å². The van der Waals surface area contributed by atoms with Crippen LogP contribution in [0.1, 0.15) is 66.7 Å². The zero-order chi connectivity index (χ0) is 20.4. The van der Waals surface area contributed by atoms with Crippen molar-refractivity contribution < 1.29 is 4.79 Å². The Morgan fingerprint density at radius 1 is 1.24 bits per heavy atom. The van der Waals surface area contributed by atoms with Crippen LogP contribution in [-0.2, 0) is 0 Å². The normalized spacial score (nSPS) is 17.6. The number of nitrogens with one attached hydrogen (secondary N) is 3. The van der Waals surface area contributed by atoms with E-state index in [0.717, 1.165) is 24.7 Å². The summed E-state index contributed by atoms with van der Waals surface area (Å²) in [6.07, 6.45) is 6.84. The summed E-state index contributed by atoms with van der Waals surface area (Å²) in [6, 6.07) is 7.91. The molecule has 0 spiro atoms. The fourth-order valence-electron chi connectivity index (χ4n) is 4.27. The van der Waals surface area contributed by atoms with Crippen molar-refractivity contribution in [2.75, 3.05) is 23.3 Å². The molecule has 152 valence electrons. The van der Waals surface area contributed by atoms with E-state index in [9.17, 15) is 9.59 Å². The molecule has 0 radical (unpaired) electrons. The molecule has 29 heavy (non-hydrogen) atoms. The number of carbonyl (C=O) groups excluding carboxylic acids is 1. The number of Topliss-reactive ketones (excluding diaryl/α,β-unsaturated/α-hetero) is 1. The Morgan fingerprint density at radius 3 is 2.66 bits per heavy atom. The Morgan fingerprint density at radius 2 is 1.97 bits per heavy atom. The van der Waals surface area contributed by atoms with Gasteiger partial charge in [0.25, 0.3) is 5.56 Å². The highest BCUT2D eigenvalue weighted by molar-refractivity contribution is 5.99. The van der Waals surface area contributed by atoms with Crippen LogP contribution in [-0.4, -0.2) is 41.1 Å². The third kappa shape index (κ3) is 3.95. The maximum atomic E-state index is 12.5. The lowest BCUT2D eigenvalue weighted by Gasteiger charge is -2.41. The molecule has 1 saturated carbocycles. The van der Waals surface area contributed by atoms with Gasteiger partial charge in [-0.15, -0.1) is 0 Å². The first-order valence-corrected chi connectivity index (χ1v) is 10.3. The molecule has 0 amide bonds. The van der Waals surface area contributed by atoms with Gasteiger partial charge in [0.15, 0.2) is 5.78 Å². The minimum Gasteiger partial charge on any atom is -0.369 e. The van der Waals surface area contributed by atoms with E-state index in [1.807, 2.05) is 24.3 Å². The van der Waals surface area contributed by atoms with E-state index in [2.05, 4.69) is 15.2 Å². The van der Waals surface area contributed by atoms with Crippen LogP contribution in [0.2, 0.25) is 0 Å². The number of para-hydroxylation sites is 1. The minimum atomic E-state index is -0.272. The molecule has 7 nitrogen and oxygen atoms in total. The number of carbonyl (C=O) groups is 1. The van der Waals surface area contributed by atoms with Crippen molar-refractivity contribution in [1.29, 1.82) is 5.41 Å². The summed E-state index contributed by atoms with van der Waals surface area (Å²) in [5.74, 6) is 1.31. The van der Waals surface area contributed by atoms with Gasteiger partial charge in [-0.1, -0.05) is 31.4 Å². The molecule has 2 fully saturated rings. The average Bonchev–Trinajstić information content (AvgIpc) is 2.68. The van der Waals surface area contributed by atoms with Crippen LogP contribution in [0.3, 0.4) is 0 Å². The van der Waals surface area contributed by atoms with E-state index in [1.54, 1.807) is 6.92 Å². The molecule has 1 aromatic carbocycles. The molecule has 3 N–H and O–H groups in total. The van der Waals surface area contributed by atoms with Crippen molar-refractivity contribution in [3.8, 4) is 0 Å². The van der Waals surface area contributed by atoms with Gasteiger partial charge in [0.05, 0.1) is 11.5 Å². The number of aromatic nitrogens is 2. The lowest BCUT2D eigenvalue weighted by Crippen LogP contribution is -2.47. The number of nitrogens with zero attached hydrogens (tertiary/aromatic N) is 2. The maximum Gasteiger partial charge on any atom is 0.261 e. The van der Waals surface area contributed by atoms with E-state index in [-0.39, 0.29) is 22.8 Å². The zero-order valence-electron chi connectivity index (χ0n) is 16.7. The zero-order valence-corrected chi connectivity index (χ0v) is 16.7. The molecule has 0 bridgehead atoms. The van der Waals surface area contributed by atoms with Gasteiger partial charge in [-0.05, 0) is 31.9 Å². The molecule has 1 aliphatic heterocycles. The smallest absolute Gasteiger partial charge is 0.261 e. The fourth-order valence-corrected chi connectivity index (χ4v) is 4.27. The topological polar surface area (TPSA) is 102 Å². The Balaban J connectivity index is 1.53. The number of rotatable bonds is 6.